The van der Waals surface area contributed by atoms with Gasteiger partial charge in [-0.05, 0) is 57.2 Å². The highest BCUT2D eigenvalue weighted by Gasteiger charge is 2.22. The maximum atomic E-state index is 14.6. The predicted molar refractivity (Wildman–Crippen MR) is 142 cm³/mol. The van der Waals surface area contributed by atoms with E-state index in [1.54, 1.807) is 45.6 Å². The first kappa shape index (κ1) is 29.9. The van der Waals surface area contributed by atoms with Crippen molar-refractivity contribution < 1.29 is 31.9 Å². The van der Waals surface area contributed by atoms with Crippen molar-refractivity contribution in [2.45, 2.75) is 31.3 Å². The van der Waals surface area contributed by atoms with Crippen molar-refractivity contribution in [3.05, 3.63) is 65.3 Å². The predicted octanol–water partition coefficient (Wildman–Crippen LogP) is 3.75. The minimum atomic E-state index is -4.20. The van der Waals surface area contributed by atoms with Gasteiger partial charge in [0.05, 0.1) is 34.0 Å². The molecular formula is C25H29ClFN5O6S. The largest absolute Gasteiger partial charge is 0.492 e. The van der Waals surface area contributed by atoms with E-state index in [2.05, 4.69) is 4.98 Å². The lowest BCUT2D eigenvalue weighted by atomic mass is 10.1. The van der Waals surface area contributed by atoms with Gasteiger partial charge in [-0.15, -0.1) is 4.83 Å². The van der Waals surface area contributed by atoms with Gasteiger partial charge in [0.1, 0.15) is 18.0 Å². The van der Waals surface area contributed by atoms with Crippen LogP contribution < -0.4 is 15.0 Å². The first-order valence-corrected chi connectivity index (χ1v) is 13.5. The lowest BCUT2D eigenvalue weighted by molar-refractivity contribution is 0.0278. The molecule has 0 aliphatic rings. The number of carbonyl (C=O) groups excluding carboxylic acids is 2. The standard InChI is InChI=1S/C25H29ClFN5O6S/c1-25(2,3)38-24(34)32(5)10-11-37-17-6-8-18(9-7-17)39(35,36)30-29-23(33)19-12-16(13-20(26)22(19)27)21-14-31(4)15-28-21/h6-9,12-15,30H,10-11H2,1-5H3,(H,29,33). The summed E-state index contributed by atoms with van der Waals surface area (Å²) in [5.41, 5.74) is 1.74. The van der Waals surface area contributed by atoms with E-state index in [-0.39, 0.29) is 23.1 Å². The van der Waals surface area contributed by atoms with Gasteiger partial charge in [-0.2, -0.15) is 0 Å². The van der Waals surface area contributed by atoms with Crippen LogP contribution in [-0.2, 0) is 21.8 Å². The number of likely N-dealkylation sites (N-methyl/N-ethyl adjacent to an activating group) is 1. The average molecular weight is 582 g/mol. The Morgan fingerprint density at radius 1 is 1.18 bits per heavy atom. The van der Waals surface area contributed by atoms with Crippen LogP contribution in [0.2, 0.25) is 5.02 Å². The molecular weight excluding hydrogens is 553 g/mol. The van der Waals surface area contributed by atoms with Crippen LogP contribution in [0.5, 0.6) is 5.75 Å². The first-order valence-electron chi connectivity index (χ1n) is 11.6. The highest BCUT2D eigenvalue weighted by molar-refractivity contribution is 7.89. The van der Waals surface area contributed by atoms with E-state index in [4.69, 9.17) is 21.1 Å². The van der Waals surface area contributed by atoms with Crippen LogP contribution in [0.4, 0.5) is 9.18 Å². The summed E-state index contributed by atoms with van der Waals surface area (Å²) in [4.78, 5) is 31.9. The Morgan fingerprint density at radius 3 is 2.44 bits per heavy atom. The second-order valence-corrected chi connectivity index (χ2v) is 11.6. The molecule has 1 aromatic heterocycles. The summed E-state index contributed by atoms with van der Waals surface area (Å²) in [5.74, 6) is -1.70. The van der Waals surface area contributed by atoms with Crippen LogP contribution in [0.25, 0.3) is 11.3 Å². The van der Waals surface area contributed by atoms with Gasteiger partial charge < -0.3 is 18.9 Å². The molecule has 0 bridgehead atoms. The third-order valence-corrected chi connectivity index (χ3v) is 6.65. The number of nitrogens with zero attached hydrogens (tertiary/aromatic N) is 3. The van der Waals surface area contributed by atoms with Crippen LogP contribution in [0, 0.1) is 5.82 Å². The van der Waals surface area contributed by atoms with Gasteiger partial charge in [0.2, 0.25) is 0 Å². The fourth-order valence-electron chi connectivity index (χ4n) is 3.15. The lowest BCUT2D eigenvalue weighted by Gasteiger charge is -2.24. The molecule has 3 rings (SSSR count). The number of hydrogen-bond donors (Lipinski definition) is 2. The zero-order chi connectivity index (χ0) is 29.0. The number of rotatable bonds is 9. The van der Waals surface area contributed by atoms with E-state index in [1.807, 2.05) is 10.3 Å². The minimum Gasteiger partial charge on any atom is -0.492 e. The van der Waals surface area contributed by atoms with Crippen LogP contribution >= 0.6 is 11.6 Å². The van der Waals surface area contributed by atoms with E-state index in [0.29, 0.717) is 17.0 Å². The summed E-state index contributed by atoms with van der Waals surface area (Å²) in [6.07, 6.45) is 2.69. The lowest BCUT2D eigenvalue weighted by Crippen LogP contribution is -2.41. The van der Waals surface area contributed by atoms with E-state index in [9.17, 15) is 22.4 Å². The smallest absolute Gasteiger partial charge is 0.410 e. The van der Waals surface area contributed by atoms with Gasteiger partial charge in [-0.25, -0.2) is 22.6 Å². The van der Waals surface area contributed by atoms with Crippen molar-refractivity contribution in [2.75, 3.05) is 20.2 Å². The average Bonchev–Trinajstić information content (AvgIpc) is 3.29. The molecule has 3 aromatic rings. The second-order valence-electron chi connectivity index (χ2n) is 9.53. The molecule has 0 radical (unpaired) electrons. The number of hydrazine groups is 1. The molecule has 0 spiro atoms. The van der Waals surface area contributed by atoms with Crippen molar-refractivity contribution >= 4 is 33.6 Å². The van der Waals surface area contributed by atoms with Crippen molar-refractivity contribution in [2.24, 2.45) is 7.05 Å². The molecule has 0 saturated carbocycles. The Hall–Kier alpha value is -3.68. The van der Waals surface area contributed by atoms with Crippen LogP contribution in [-0.4, -0.2) is 60.7 Å². The molecule has 0 unspecified atom stereocenters. The molecule has 14 heteroatoms. The van der Waals surface area contributed by atoms with E-state index >= 15 is 0 Å². The number of hydrogen-bond acceptors (Lipinski definition) is 7. The van der Waals surface area contributed by atoms with Gasteiger partial charge in [0.25, 0.3) is 15.9 Å². The topological polar surface area (TPSA) is 132 Å². The van der Waals surface area contributed by atoms with Crippen molar-refractivity contribution in [1.29, 1.82) is 0 Å². The first-order chi connectivity index (χ1) is 18.2. The van der Waals surface area contributed by atoms with Crippen molar-refractivity contribution in [3.8, 4) is 17.0 Å². The zero-order valence-electron chi connectivity index (χ0n) is 22.0. The summed E-state index contributed by atoms with van der Waals surface area (Å²) >= 11 is 5.95. The van der Waals surface area contributed by atoms with Gasteiger partial charge in [0.15, 0.2) is 5.82 Å². The number of imidazole rings is 1. The van der Waals surface area contributed by atoms with E-state index in [0.717, 1.165) is 0 Å². The molecule has 0 atom stereocenters. The highest BCUT2D eigenvalue weighted by Crippen LogP contribution is 2.27. The Kier molecular flexibility index (Phi) is 9.20. The molecule has 11 nitrogen and oxygen atoms in total. The Morgan fingerprint density at radius 2 is 1.85 bits per heavy atom. The fraction of sp³-hybridized carbons (Fsp3) is 0.320. The Labute approximate surface area is 230 Å². The molecule has 2 N–H and O–H groups in total. The molecule has 0 aliphatic heterocycles. The van der Waals surface area contributed by atoms with Gasteiger partial charge in [0, 0.05) is 25.9 Å². The number of amides is 2. The summed E-state index contributed by atoms with van der Waals surface area (Å²) in [7, 11) is -0.887. The highest BCUT2D eigenvalue weighted by atomic mass is 35.5. The summed E-state index contributed by atoms with van der Waals surface area (Å²) in [6, 6.07) is 7.90. The molecule has 0 fully saturated rings. The van der Waals surface area contributed by atoms with Crippen LogP contribution in [0.15, 0.2) is 53.8 Å². The number of ether oxygens (including phenoxy) is 2. The number of nitrogens with one attached hydrogen (secondary N) is 2. The number of aryl methyl sites for hydroxylation is 1. The van der Waals surface area contributed by atoms with Crippen molar-refractivity contribution in [3.63, 3.8) is 0 Å². The number of halogens is 2. The quantitative estimate of drug-likeness (QED) is 0.368. The number of benzene rings is 2. The molecule has 210 valence electrons. The SMILES string of the molecule is CN(CCOc1ccc(S(=O)(=O)NNC(=O)c2cc(-c3cn(C)cn3)cc(Cl)c2F)cc1)C(=O)OC(C)(C)C. The monoisotopic (exact) mass is 581 g/mol. The Balaban J connectivity index is 1.59. The fourth-order valence-corrected chi connectivity index (χ4v) is 4.21. The maximum absolute atomic E-state index is 14.6. The van der Waals surface area contributed by atoms with Gasteiger partial charge >= 0.3 is 6.09 Å². The summed E-state index contributed by atoms with van der Waals surface area (Å²) in [6.45, 7) is 5.67. The molecule has 39 heavy (non-hydrogen) atoms. The van der Waals surface area contributed by atoms with Crippen molar-refractivity contribution in [1.82, 2.24) is 24.7 Å². The third kappa shape index (κ3) is 8.15. The third-order valence-electron chi connectivity index (χ3n) is 5.11. The minimum absolute atomic E-state index is 0.141. The van der Waals surface area contributed by atoms with Gasteiger partial charge in [-0.1, -0.05) is 11.6 Å². The molecule has 1 heterocycles. The van der Waals surface area contributed by atoms with E-state index < -0.39 is 39.0 Å². The second kappa shape index (κ2) is 12.0. The molecule has 0 aliphatic carbocycles. The molecule has 2 aromatic carbocycles. The van der Waals surface area contributed by atoms with Gasteiger partial charge in [-0.3, -0.25) is 10.2 Å². The number of sulfonamides is 1. The summed E-state index contributed by atoms with van der Waals surface area (Å²) in [5, 5.41) is -0.320. The van der Waals surface area contributed by atoms with E-state index in [1.165, 1.54) is 47.6 Å². The normalized spacial score (nSPS) is 11.7. The molecule has 2 amide bonds. The zero-order valence-corrected chi connectivity index (χ0v) is 23.6. The number of aromatic nitrogens is 2. The number of carbonyl (C=O) groups is 2. The van der Waals surface area contributed by atoms with Crippen LogP contribution in [0.3, 0.4) is 0 Å². The van der Waals surface area contributed by atoms with Crippen LogP contribution in [0.1, 0.15) is 31.1 Å². The summed E-state index contributed by atoms with van der Waals surface area (Å²) < 4.78 is 52.4. The Bertz CT molecular complexity index is 1450. The maximum Gasteiger partial charge on any atom is 0.410 e. The molecule has 0 saturated heterocycles.